The fourth-order valence-electron chi connectivity index (χ4n) is 4.17. The lowest BCUT2D eigenvalue weighted by Gasteiger charge is -2.20. The predicted molar refractivity (Wildman–Crippen MR) is 98.3 cm³/mol. The van der Waals surface area contributed by atoms with E-state index in [1.54, 1.807) is 0 Å². The Hall–Kier alpha value is -3.00. The molecule has 2 aliphatic heterocycles. The summed E-state index contributed by atoms with van der Waals surface area (Å²) in [5.41, 5.74) is 8.44. The van der Waals surface area contributed by atoms with Crippen molar-refractivity contribution in [2.75, 3.05) is 0 Å². The molecule has 0 aromatic heterocycles. The molecule has 4 aromatic rings. The van der Waals surface area contributed by atoms with Crippen molar-refractivity contribution in [3.63, 3.8) is 0 Å². The van der Waals surface area contributed by atoms with Crippen LogP contribution in [-0.2, 0) is 0 Å². The molecule has 0 fully saturated rings. The third-order valence-corrected chi connectivity index (χ3v) is 5.07. The van der Waals surface area contributed by atoms with Gasteiger partial charge in [0.2, 0.25) is 0 Å². The molecular weight excluding hydrogens is 296 g/mol. The number of aryl methyl sites for hydroxylation is 2. The second-order valence-electron chi connectivity index (χ2n) is 6.80. The summed E-state index contributed by atoms with van der Waals surface area (Å²) in [4.78, 5) is 0. The first-order chi connectivity index (χ1) is 11.7. The average molecular weight is 310 g/mol. The van der Waals surface area contributed by atoms with Crippen LogP contribution in [0.25, 0.3) is 55.0 Å². The lowest BCUT2D eigenvalue weighted by Crippen LogP contribution is -1.95. The van der Waals surface area contributed by atoms with Crippen LogP contribution in [0, 0.1) is 13.8 Å². The molecule has 0 atom stereocenters. The van der Waals surface area contributed by atoms with Crippen LogP contribution in [0.5, 0.6) is 0 Å². The van der Waals surface area contributed by atoms with E-state index in [0.717, 1.165) is 33.1 Å². The maximum Gasteiger partial charge on any atom is 0.136 e. The first-order valence-corrected chi connectivity index (χ1v) is 8.20. The molecule has 0 aliphatic carbocycles. The maximum absolute atomic E-state index is 6.30. The van der Waals surface area contributed by atoms with E-state index in [-0.39, 0.29) is 0 Å². The Bertz CT molecular complexity index is 1260. The number of hydrogen-bond acceptors (Lipinski definition) is 2. The minimum absolute atomic E-state index is 0.919. The third-order valence-electron chi connectivity index (χ3n) is 5.07. The SMILES string of the molecule is Cc1cc2ccc3oc4cc(C)cc5ccc6oc(c1)c2c3-c6c54. The molecule has 0 saturated heterocycles. The largest absolute Gasteiger partial charge is 0.456 e. The molecule has 114 valence electrons. The molecule has 4 aromatic carbocycles. The van der Waals surface area contributed by atoms with E-state index in [1.807, 2.05) is 0 Å². The molecule has 2 nitrogen and oxygen atoms in total. The Morgan fingerprint density at radius 2 is 1.00 bits per heavy atom. The van der Waals surface area contributed by atoms with Gasteiger partial charge in [-0.25, -0.2) is 0 Å². The van der Waals surface area contributed by atoms with Gasteiger partial charge in [-0.15, -0.1) is 0 Å². The molecule has 0 unspecified atom stereocenters. The van der Waals surface area contributed by atoms with Crippen molar-refractivity contribution in [1.29, 1.82) is 0 Å². The molecule has 2 aliphatic rings. The summed E-state index contributed by atoms with van der Waals surface area (Å²) in [6, 6.07) is 17.1. The second-order valence-corrected chi connectivity index (χ2v) is 6.80. The second kappa shape index (κ2) is 3.90. The molecule has 24 heavy (non-hydrogen) atoms. The topological polar surface area (TPSA) is 26.3 Å². The van der Waals surface area contributed by atoms with Gasteiger partial charge in [-0.1, -0.05) is 24.3 Å². The number of hydrogen-bond donors (Lipinski definition) is 0. The summed E-state index contributed by atoms with van der Waals surface area (Å²) < 4.78 is 12.6. The van der Waals surface area contributed by atoms with Crippen molar-refractivity contribution in [3.8, 4) is 11.1 Å². The van der Waals surface area contributed by atoms with E-state index in [2.05, 4.69) is 62.4 Å². The average Bonchev–Trinajstić information content (AvgIpc) is 2.56. The lowest BCUT2D eigenvalue weighted by atomic mass is 9.89. The molecule has 6 rings (SSSR count). The van der Waals surface area contributed by atoms with Gasteiger partial charge in [-0.2, -0.15) is 0 Å². The standard InChI is InChI=1S/C22H14O2/c1-11-7-13-3-5-16-21-19(13)17(9-11)23-15-6-4-14-8-12(2)10-18(24-16)20(14)22(15)21/h3-10H,1-2H3. The molecule has 0 bridgehead atoms. The highest BCUT2D eigenvalue weighted by molar-refractivity contribution is 6.23. The maximum atomic E-state index is 6.30. The highest BCUT2D eigenvalue weighted by atomic mass is 16.3. The summed E-state index contributed by atoms with van der Waals surface area (Å²) in [5.74, 6) is 0. The van der Waals surface area contributed by atoms with Crippen molar-refractivity contribution in [3.05, 3.63) is 59.7 Å². The van der Waals surface area contributed by atoms with Crippen LogP contribution < -0.4 is 0 Å². The number of benzene rings is 4. The van der Waals surface area contributed by atoms with Crippen molar-refractivity contribution in [1.82, 2.24) is 0 Å². The number of rotatable bonds is 0. The molecular formula is C22H14O2. The highest BCUT2D eigenvalue weighted by Gasteiger charge is 2.24. The van der Waals surface area contributed by atoms with Crippen LogP contribution in [0.1, 0.15) is 11.1 Å². The first kappa shape index (κ1) is 12.4. The summed E-state index contributed by atoms with van der Waals surface area (Å²) in [6.45, 7) is 4.21. The molecule has 0 amide bonds. The van der Waals surface area contributed by atoms with E-state index < -0.39 is 0 Å². The summed E-state index contributed by atoms with van der Waals surface area (Å²) in [5, 5.41) is 4.71. The summed E-state index contributed by atoms with van der Waals surface area (Å²) >= 11 is 0. The quantitative estimate of drug-likeness (QED) is 0.232. The fourth-order valence-corrected chi connectivity index (χ4v) is 4.17. The molecule has 0 radical (unpaired) electrons. The Kier molecular flexibility index (Phi) is 2.02. The van der Waals surface area contributed by atoms with Gasteiger partial charge >= 0.3 is 0 Å². The first-order valence-electron chi connectivity index (χ1n) is 8.20. The van der Waals surface area contributed by atoms with Crippen molar-refractivity contribution >= 4 is 43.9 Å². The molecule has 0 saturated carbocycles. The van der Waals surface area contributed by atoms with Gasteiger partial charge in [-0.05, 0) is 60.0 Å². The Balaban J connectivity index is 2.04. The Morgan fingerprint density at radius 1 is 0.542 bits per heavy atom. The molecule has 0 spiro atoms. The van der Waals surface area contributed by atoms with Crippen LogP contribution in [0.4, 0.5) is 0 Å². The fraction of sp³-hybridized carbons (Fsp3) is 0.0909. The van der Waals surface area contributed by atoms with Crippen LogP contribution in [0.15, 0.2) is 57.4 Å². The van der Waals surface area contributed by atoms with E-state index >= 15 is 0 Å². The van der Waals surface area contributed by atoms with Crippen molar-refractivity contribution in [2.24, 2.45) is 0 Å². The van der Waals surface area contributed by atoms with Gasteiger partial charge in [0.25, 0.3) is 0 Å². The predicted octanol–water partition coefficient (Wildman–Crippen LogP) is 6.64. The van der Waals surface area contributed by atoms with Gasteiger partial charge in [-0.3, -0.25) is 0 Å². The zero-order chi connectivity index (χ0) is 16.0. The third kappa shape index (κ3) is 1.37. The van der Waals surface area contributed by atoms with E-state index in [0.29, 0.717) is 0 Å². The lowest BCUT2D eigenvalue weighted by molar-refractivity contribution is 0.646. The van der Waals surface area contributed by atoms with Crippen LogP contribution >= 0.6 is 0 Å². The molecule has 2 heteroatoms. The smallest absolute Gasteiger partial charge is 0.136 e. The minimum Gasteiger partial charge on any atom is -0.456 e. The minimum atomic E-state index is 0.919. The normalized spacial score (nSPS) is 12.6. The monoisotopic (exact) mass is 310 g/mol. The highest BCUT2D eigenvalue weighted by Crippen LogP contribution is 2.48. The Labute approximate surface area is 137 Å². The van der Waals surface area contributed by atoms with Gasteiger partial charge < -0.3 is 8.83 Å². The zero-order valence-corrected chi connectivity index (χ0v) is 13.4. The van der Waals surface area contributed by atoms with E-state index in [1.165, 1.54) is 33.0 Å². The van der Waals surface area contributed by atoms with Gasteiger partial charge in [0, 0.05) is 21.9 Å². The van der Waals surface area contributed by atoms with E-state index in [4.69, 9.17) is 8.83 Å². The van der Waals surface area contributed by atoms with Crippen LogP contribution in [0.3, 0.4) is 0 Å². The van der Waals surface area contributed by atoms with Gasteiger partial charge in [0.15, 0.2) is 0 Å². The summed E-state index contributed by atoms with van der Waals surface area (Å²) in [6.07, 6.45) is 0. The van der Waals surface area contributed by atoms with E-state index in [9.17, 15) is 0 Å². The van der Waals surface area contributed by atoms with Crippen molar-refractivity contribution in [2.45, 2.75) is 13.8 Å². The van der Waals surface area contributed by atoms with Crippen molar-refractivity contribution < 1.29 is 8.83 Å². The van der Waals surface area contributed by atoms with Crippen LogP contribution in [0.2, 0.25) is 0 Å². The Morgan fingerprint density at radius 3 is 1.46 bits per heavy atom. The van der Waals surface area contributed by atoms with Crippen LogP contribution in [-0.4, -0.2) is 0 Å². The molecule has 2 heterocycles. The molecule has 0 N–H and O–H groups in total. The van der Waals surface area contributed by atoms with Gasteiger partial charge in [0.05, 0.1) is 0 Å². The van der Waals surface area contributed by atoms with Gasteiger partial charge in [0.1, 0.15) is 22.3 Å². The zero-order valence-electron chi connectivity index (χ0n) is 13.4. The summed E-state index contributed by atoms with van der Waals surface area (Å²) in [7, 11) is 0.